The molecule has 0 aliphatic carbocycles. The van der Waals surface area contributed by atoms with Crippen LogP contribution in [0, 0.1) is 0 Å². The van der Waals surface area contributed by atoms with Crippen LogP contribution in [0.4, 0.5) is 0 Å². The Balaban J connectivity index is 1.96. The third-order valence-corrected chi connectivity index (χ3v) is 3.69. The first-order valence-electron chi connectivity index (χ1n) is 5.86. The molecule has 4 nitrogen and oxygen atoms in total. The molecular formula is C11H21N3O. The second kappa shape index (κ2) is 4.10. The second-order valence-corrected chi connectivity index (χ2v) is 4.83. The van der Waals surface area contributed by atoms with Crippen molar-refractivity contribution in [2.24, 2.45) is 0 Å². The SMILES string of the molecule is CC1NC(C)N(CC2CCCN2C)C1=O. The van der Waals surface area contributed by atoms with Crippen LogP contribution in [-0.4, -0.2) is 54.1 Å². The van der Waals surface area contributed by atoms with Gasteiger partial charge in [0.05, 0.1) is 12.2 Å². The van der Waals surface area contributed by atoms with Gasteiger partial charge in [-0.05, 0) is 40.3 Å². The molecule has 2 aliphatic heterocycles. The van der Waals surface area contributed by atoms with Crippen molar-refractivity contribution in [3.05, 3.63) is 0 Å². The summed E-state index contributed by atoms with van der Waals surface area (Å²) in [6, 6.07) is 0.551. The standard InChI is InChI=1S/C11H21N3O/c1-8-11(15)14(9(2)12-8)7-10-5-4-6-13(10)3/h8-10,12H,4-7H2,1-3H3. The number of likely N-dealkylation sites (N-methyl/N-ethyl adjacent to an activating group) is 1. The maximum atomic E-state index is 11.9. The zero-order valence-corrected chi connectivity index (χ0v) is 9.86. The summed E-state index contributed by atoms with van der Waals surface area (Å²) in [7, 11) is 2.15. The van der Waals surface area contributed by atoms with E-state index < -0.39 is 0 Å². The minimum atomic E-state index is -0.00768. The van der Waals surface area contributed by atoms with E-state index in [0.717, 1.165) is 6.54 Å². The zero-order valence-electron chi connectivity index (χ0n) is 9.86. The highest BCUT2D eigenvalue weighted by Crippen LogP contribution is 2.19. The first-order valence-corrected chi connectivity index (χ1v) is 5.86. The number of nitrogens with zero attached hydrogens (tertiary/aromatic N) is 2. The van der Waals surface area contributed by atoms with Gasteiger partial charge in [0.2, 0.25) is 5.91 Å². The molecule has 2 aliphatic rings. The molecule has 3 atom stereocenters. The van der Waals surface area contributed by atoms with E-state index in [1.165, 1.54) is 19.4 Å². The molecule has 2 heterocycles. The quantitative estimate of drug-likeness (QED) is 0.711. The summed E-state index contributed by atoms with van der Waals surface area (Å²) in [5.41, 5.74) is 0. The summed E-state index contributed by atoms with van der Waals surface area (Å²) in [6.45, 7) is 6.06. The fraction of sp³-hybridized carbons (Fsp3) is 0.909. The molecule has 86 valence electrons. The molecule has 2 rings (SSSR count). The maximum Gasteiger partial charge on any atom is 0.240 e. The second-order valence-electron chi connectivity index (χ2n) is 4.83. The number of nitrogens with one attached hydrogen (secondary N) is 1. The monoisotopic (exact) mass is 211 g/mol. The van der Waals surface area contributed by atoms with Crippen LogP contribution in [0.25, 0.3) is 0 Å². The Bertz CT molecular complexity index is 256. The van der Waals surface area contributed by atoms with E-state index in [4.69, 9.17) is 0 Å². The van der Waals surface area contributed by atoms with E-state index >= 15 is 0 Å². The van der Waals surface area contributed by atoms with Crippen LogP contribution < -0.4 is 5.32 Å². The number of hydrogen-bond donors (Lipinski definition) is 1. The van der Waals surface area contributed by atoms with Gasteiger partial charge in [-0.1, -0.05) is 0 Å². The lowest BCUT2D eigenvalue weighted by Crippen LogP contribution is -2.43. The Morgan fingerprint density at radius 2 is 2.20 bits per heavy atom. The number of rotatable bonds is 2. The predicted molar refractivity (Wildman–Crippen MR) is 59.4 cm³/mol. The van der Waals surface area contributed by atoms with Gasteiger partial charge in [-0.3, -0.25) is 10.1 Å². The van der Waals surface area contributed by atoms with Gasteiger partial charge in [0.25, 0.3) is 0 Å². The van der Waals surface area contributed by atoms with Gasteiger partial charge in [-0.25, -0.2) is 0 Å². The van der Waals surface area contributed by atoms with Crippen molar-refractivity contribution in [3.8, 4) is 0 Å². The molecule has 0 aromatic carbocycles. The molecule has 0 saturated carbocycles. The van der Waals surface area contributed by atoms with Crippen molar-refractivity contribution in [1.82, 2.24) is 15.1 Å². The highest BCUT2D eigenvalue weighted by Gasteiger charge is 2.36. The Morgan fingerprint density at radius 1 is 1.47 bits per heavy atom. The van der Waals surface area contributed by atoms with E-state index in [0.29, 0.717) is 6.04 Å². The van der Waals surface area contributed by atoms with Crippen LogP contribution in [0.3, 0.4) is 0 Å². The lowest BCUT2D eigenvalue weighted by Gasteiger charge is -2.28. The normalized spacial score (nSPS) is 37.9. The number of likely N-dealkylation sites (tertiary alicyclic amines) is 1. The molecule has 1 N–H and O–H groups in total. The fourth-order valence-corrected chi connectivity index (χ4v) is 2.65. The van der Waals surface area contributed by atoms with Crippen LogP contribution in [0.2, 0.25) is 0 Å². The van der Waals surface area contributed by atoms with Gasteiger partial charge in [-0.15, -0.1) is 0 Å². The van der Waals surface area contributed by atoms with Crippen molar-refractivity contribution in [1.29, 1.82) is 0 Å². The summed E-state index contributed by atoms with van der Waals surface area (Å²) in [5.74, 6) is 0.253. The van der Waals surface area contributed by atoms with Crippen molar-refractivity contribution in [3.63, 3.8) is 0 Å². The van der Waals surface area contributed by atoms with Crippen molar-refractivity contribution in [2.75, 3.05) is 20.1 Å². The largest absolute Gasteiger partial charge is 0.325 e. The summed E-state index contributed by atoms with van der Waals surface area (Å²) >= 11 is 0. The van der Waals surface area contributed by atoms with E-state index in [-0.39, 0.29) is 18.1 Å². The van der Waals surface area contributed by atoms with Gasteiger partial charge in [0.15, 0.2) is 0 Å². The summed E-state index contributed by atoms with van der Waals surface area (Å²) in [4.78, 5) is 16.2. The zero-order chi connectivity index (χ0) is 11.0. The molecular weight excluding hydrogens is 190 g/mol. The first kappa shape index (κ1) is 10.9. The molecule has 0 aromatic rings. The number of carbonyl (C=O) groups excluding carboxylic acids is 1. The molecule has 1 amide bonds. The molecule has 0 bridgehead atoms. The van der Waals surface area contributed by atoms with Crippen LogP contribution in [0.1, 0.15) is 26.7 Å². The predicted octanol–water partition coefficient (Wildman–Crippen LogP) is 0.247. The average Bonchev–Trinajstić information content (AvgIpc) is 2.67. The van der Waals surface area contributed by atoms with Crippen molar-refractivity contribution < 1.29 is 4.79 Å². The van der Waals surface area contributed by atoms with Crippen LogP contribution in [0.5, 0.6) is 0 Å². The Kier molecular flexibility index (Phi) is 2.98. The van der Waals surface area contributed by atoms with E-state index in [1.54, 1.807) is 0 Å². The number of hydrogen-bond acceptors (Lipinski definition) is 3. The lowest BCUT2D eigenvalue weighted by atomic mass is 10.2. The molecule has 0 radical (unpaired) electrons. The summed E-state index contributed by atoms with van der Waals surface area (Å²) in [6.07, 6.45) is 2.68. The van der Waals surface area contributed by atoms with E-state index in [1.807, 2.05) is 11.8 Å². The minimum Gasteiger partial charge on any atom is -0.325 e. The van der Waals surface area contributed by atoms with Gasteiger partial charge >= 0.3 is 0 Å². The third kappa shape index (κ3) is 2.01. The van der Waals surface area contributed by atoms with Crippen LogP contribution in [0.15, 0.2) is 0 Å². The minimum absolute atomic E-state index is 0.00768. The van der Waals surface area contributed by atoms with Crippen molar-refractivity contribution in [2.45, 2.75) is 44.9 Å². The third-order valence-electron chi connectivity index (χ3n) is 3.69. The molecule has 0 aromatic heterocycles. The highest BCUT2D eigenvalue weighted by molar-refractivity contribution is 5.83. The lowest BCUT2D eigenvalue weighted by molar-refractivity contribution is -0.130. The molecule has 4 heteroatoms. The Hall–Kier alpha value is -0.610. The van der Waals surface area contributed by atoms with Gasteiger partial charge in [0.1, 0.15) is 0 Å². The summed E-state index contributed by atoms with van der Waals surface area (Å²) in [5, 5.41) is 3.26. The topological polar surface area (TPSA) is 35.6 Å². The number of carbonyl (C=O) groups is 1. The van der Waals surface area contributed by atoms with Gasteiger partial charge in [-0.2, -0.15) is 0 Å². The van der Waals surface area contributed by atoms with Crippen molar-refractivity contribution >= 4 is 5.91 Å². The smallest absolute Gasteiger partial charge is 0.240 e. The van der Waals surface area contributed by atoms with Crippen LogP contribution >= 0.6 is 0 Å². The molecule has 15 heavy (non-hydrogen) atoms. The van der Waals surface area contributed by atoms with E-state index in [2.05, 4.69) is 24.2 Å². The molecule has 0 spiro atoms. The van der Waals surface area contributed by atoms with Crippen LogP contribution in [-0.2, 0) is 4.79 Å². The fourth-order valence-electron chi connectivity index (χ4n) is 2.65. The highest BCUT2D eigenvalue weighted by atomic mass is 16.2. The average molecular weight is 211 g/mol. The molecule has 2 saturated heterocycles. The van der Waals surface area contributed by atoms with E-state index in [9.17, 15) is 4.79 Å². The number of amides is 1. The Morgan fingerprint density at radius 3 is 2.67 bits per heavy atom. The molecule has 3 unspecified atom stereocenters. The van der Waals surface area contributed by atoms with Gasteiger partial charge in [0, 0.05) is 12.6 Å². The maximum absolute atomic E-state index is 11.9. The van der Waals surface area contributed by atoms with Gasteiger partial charge < -0.3 is 9.80 Å². The molecule has 2 fully saturated rings. The summed E-state index contributed by atoms with van der Waals surface area (Å²) < 4.78 is 0. The Labute approximate surface area is 91.6 Å². The first-order chi connectivity index (χ1) is 7.09.